The van der Waals surface area contributed by atoms with Crippen LogP contribution in [0.5, 0.6) is 5.75 Å². The number of carbonyl (C=O) groups excluding carboxylic acids is 2. The van der Waals surface area contributed by atoms with Crippen LogP contribution in [0.3, 0.4) is 0 Å². The van der Waals surface area contributed by atoms with Gasteiger partial charge in [-0.05, 0) is 43.7 Å². The minimum atomic E-state index is -0.642. The fourth-order valence-corrected chi connectivity index (χ4v) is 2.26. The van der Waals surface area contributed by atoms with E-state index >= 15 is 0 Å². The van der Waals surface area contributed by atoms with Gasteiger partial charge in [0, 0.05) is 18.8 Å². The molecule has 2 amide bonds. The van der Waals surface area contributed by atoms with Crippen LogP contribution < -0.4 is 10.1 Å². The van der Waals surface area contributed by atoms with Crippen LogP contribution >= 0.6 is 0 Å². The second-order valence-electron chi connectivity index (χ2n) is 5.22. The number of nitrogens with zero attached hydrogens (tertiary/aromatic N) is 1. The highest BCUT2D eigenvalue weighted by molar-refractivity contribution is 6.39. The van der Waals surface area contributed by atoms with E-state index in [1.54, 1.807) is 24.3 Å². The van der Waals surface area contributed by atoms with Gasteiger partial charge in [0.2, 0.25) is 0 Å². The van der Waals surface area contributed by atoms with Gasteiger partial charge >= 0.3 is 11.8 Å². The van der Waals surface area contributed by atoms with Gasteiger partial charge < -0.3 is 15.0 Å². The van der Waals surface area contributed by atoms with E-state index in [2.05, 4.69) is 5.32 Å². The molecule has 0 atom stereocenters. The van der Waals surface area contributed by atoms with Crippen LogP contribution in [0, 0.1) is 0 Å². The number of amides is 2. The van der Waals surface area contributed by atoms with Crippen molar-refractivity contribution in [3.63, 3.8) is 0 Å². The molecular weight excluding hydrogens is 304 g/mol. The first-order chi connectivity index (χ1) is 11.6. The zero-order valence-corrected chi connectivity index (χ0v) is 14.0. The Kier molecular flexibility index (Phi) is 6.37. The molecule has 0 radical (unpaired) electrons. The monoisotopic (exact) mass is 326 g/mol. The molecule has 0 heterocycles. The molecule has 0 saturated carbocycles. The van der Waals surface area contributed by atoms with E-state index in [1.807, 2.05) is 44.2 Å². The quantitative estimate of drug-likeness (QED) is 0.830. The summed E-state index contributed by atoms with van der Waals surface area (Å²) in [5.74, 6) is -0.465. The Hall–Kier alpha value is -2.82. The van der Waals surface area contributed by atoms with Crippen LogP contribution in [0.1, 0.15) is 19.4 Å². The molecule has 24 heavy (non-hydrogen) atoms. The highest BCUT2D eigenvalue weighted by Crippen LogP contribution is 2.16. The summed E-state index contributed by atoms with van der Waals surface area (Å²) in [4.78, 5) is 26.0. The fourth-order valence-electron chi connectivity index (χ4n) is 2.26. The predicted octanol–water partition coefficient (Wildman–Crippen LogP) is 3.07. The Balaban J connectivity index is 1.98. The average molecular weight is 326 g/mol. The summed E-state index contributed by atoms with van der Waals surface area (Å²) >= 11 is 0. The van der Waals surface area contributed by atoms with Gasteiger partial charge in [-0.2, -0.15) is 0 Å². The maximum absolute atomic E-state index is 12.3. The Morgan fingerprint density at radius 2 is 1.67 bits per heavy atom. The van der Waals surface area contributed by atoms with Crippen molar-refractivity contribution in [2.45, 2.75) is 20.4 Å². The Morgan fingerprint density at radius 3 is 2.25 bits per heavy atom. The minimum Gasteiger partial charge on any atom is -0.494 e. The molecule has 2 aromatic rings. The van der Waals surface area contributed by atoms with Crippen molar-refractivity contribution in [2.24, 2.45) is 0 Å². The number of anilines is 1. The van der Waals surface area contributed by atoms with Crippen molar-refractivity contribution in [1.29, 1.82) is 0 Å². The summed E-state index contributed by atoms with van der Waals surface area (Å²) in [5.41, 5.74) is 1.55. The highest BCUT2D eigenvalue weighted by atomic mass is 16.5. The summed E-state index contributed by atoms with van der Waals surface area (Å²) < 4.78 is 5.35. The van der Waals surface area contributed by atoms with Crippen LogP contribution in [-0.2, 0) is 16.1 Å². The molecule has 0 fully saturated rings. The van der Waals surface area contributed by atoms with Crippen LogP contribution in [0.15, 0.2) is 54.6 Å². The van der Waals surface area contributed by atoms with E-state index < -0.39 is 11.8 Å². The third-order valence-electron chi connectivity index (χ3n) is 3.50. The van der Waals surface area contributed by atoms with E-state index in [0.29, 0.717) is 25.4 Å². The van der Waals surface area contributed by atoms with Crippen LogP contribution in [0.2, 0.25) is 0 Å². The van der Waals surface area contributed by atoms with Crippen molar-refractivity contribution < 1.29 is 14.3 Å². The number of likely N-dealkylation sites (N-methyl/N-ethyl adjacent to an activating group) is 1. The Bertz CT molecular complexity index is 669. The highest BCUT2D eigenvalue weighted by Gasteiger charge is 2.20. The number of rotatable bonds is 6. The Labute approximate surface area is 142 Å². The molecule has 0 bridgehead atoms. The van der Waals surface area contributed by atoms with Gasteiger partial charge in [-0.3, -0.25) is 9.59 Å². The first kappa shape index (κ1) is 17.5. The number of ether oxygens (including phenoxy) is 1. The SMILES string of the molecule is CCOc1ccc(NC(=O)C(=O)N(CC)Cc2ccccc2)cc1. The third-order valence-corrected chi connectivity index (χ3v) is 3.50. The van der Waals surface area contributed by atoms with E-state index in [9.17, 15) is 9.59 Å². The minimum absolute atomic E-state index is 0.410. The van der Waals surface area contributed by atoms with Crippen molar-refractivity contribution in [3.05, 3.63) is 60.2 Å². The fraction of sp³-hybridized carbons (Fsp3) is 0.263. The molecule has 0 aliphatic carbocycles. The predicted molar refractivity (Wildman–Crippen MR) is 93.8 cm³/mol. The van der Waals surface area contributed by atoms with Crippen molar-refractivity contribution in [3.8, 4) is 5.75 Å². The topological polar surface area (TPSA) is 58.6 Å². The summed E-state index contributed by atoms with van der Waals surface area (Å²) in [7, 11) is 0. The summed E-state index contributed by atoms with van der Waals surface area (Å²) in [6.07, 6.45) is 0. The van der Waals surface area contributed by atoms with Crippen LogP contribution in [-0.4, -0.2) is 29.9 Å². The lowest BCUT2D eigenvalue weighted by Gasteiger charge is -2.20. The van der Waals surface area contributed by atoms with Crippen molar-refractivity contribution >= 4 is 17.5 Å². The first-order valence-electron chi connectivity index (χ1n) is 8.01. The van der Waals surface area contributed by atoms with Crippen LogP contribution in [0.25, 0.3) is 0 Å². The van der Waals surface area contributed by atoms with Gasteiger partial charge in [-0.1, -0.05) is 30.3 Å². The van der Waals surface area contributed by atoms with Gasteiger partial charge in [0.05, 0.1) is 6.61 Å². The standard InChI is InChI=1S/C19H22N2O3/c1-3-21(14-15-8-6-5-7-9-15)19(23)18(22)20-16-10-12-17(13-11-16)24-4-2/h5-13H,3-4,14H2,1-2H3,(H,20,22). The molecule has 0 saturated heterocycles. The second kappa shape index (κ2) is 8.72. The van der Waals surface area contributed by atoms with Gasteiger partial charge in [-0.25, -0.2) is 0 Å². The molecule has 0 unspecified atom stereocenters. The number of benzene rings is 2. The Morgan fingerprint density at radius 1 is 1.00 bits per heavy atom. The lowest BCUT2D eigenvalue weighted by molar-refractivity contribution is -0.143. The third kappa shape index (κ3) is 4.84. The second-order valence-corrected chi connectivity index (χ2v) is 5.22. The number of hydrogen-bond acceptors (Lipinski definition) is 3. The molecule has 2 aromatic carbocycles. The molecule has 5 heteroatoms. The molecule has 126 valence electrons. The molecule has 2 rings (SSSR count). The molecule has 0 aromatic heterocycles. The number of hydrogen-bond donors (Lipinski definition) is 1. The molecule has 0 aliphatic rings. The maximum Gasteiger partial charge on any atom is 0.313 e. The van der Waals surface area contributed by atoms with Crippen LogP contribution in [0.4, 0.5) is 5.69 Å². The summed E-state index contributed by atoms with van der Waals surface area (Å²) in [6.45, 7) is 5.21. The molecule has 1 N–H and O–H groups in total. The smallest absolute Gasteiger partial charge is 0.313 e. The van der Waals surface area contributed by atoms with E-state index in [4.69, 9.17) is 4.74 Å². The van der Waals surface area contributed by atoms with Crippen molar-refractivity contribution in [2.75, 3.05) is 18.5 Å². The average Bonchev–Trinajstić information content (AvgIpc) is 2.62. The van der Waals surface area contributed by atoms with Gasteiger partial charge in [-0.15, -0.1) is 0 Å². The van der Waals surface area contributed by atoms with E-state index in [-0.39, 0.29) is 0 Å². The summed E-state index contributed by atoms with van der Waals surface area (Å²) in [5, 5.41) is 2.63. The zero-order chi connectivity index (χ0) is 17.4. The maximum atomic E-state index is 12.3. The number of carbonyl (C=O) groups is 2. The molecular formula is C19H22N2O3. The summed E-state index contributed by atoms with van der Waals surface area (Å²) in [6, 6.07) is 16.5. The molecule has 0 aliphatic heterocycles. The zero-order valence-electron chi connectivity index (χ0n) is 14.0. The number of nitrogens with one attached hydrogen (secondary N) is 1. The van der Waals surface area contributed by atoms with Gasteiger partial charge in [0.25, 0.3) is 0 Å². The molecule has 0 spiro atoms. The first-order valence-corrected chi connectivity index (χ1v) is 8.01. The van der Waals surface area contributed by atoms with E-state index in [1.165, 1.54) is 4.90 Å². The lowest BCUT2D eigenvalue weighted by Crippen LogP contribution is -2.39. The van der Waals surface area contributed by atoms with Gasteiger partial charge in [0.15, 0.2) is 0 Å². The van der Waals surface area contributed by atoms with Gasteiger partial charge in [0.1, 0.15) is 5.75 Å². The normalized spacial score (nSPS) is 10.1. The van der Waals surface area contributed by atoms with Crippen molar-refractivity contribution in [1.82, 2.24) is 4.90 Å². The lowest BCUT2D eigenvalue weighted by atomic mass is 10.2. The largest absolute Gasteiger partial charge is 0.494 e. The molecule has 5 nitrogen and oxygen atoms in total. The van der Waals surface area contributed by atoms with E-state index in [0.717, 1.165) is 11.3 Å².